The highest BCUT2D eigenvalue weighted by molar-refractivity contribution is 7.12. The highest BCUT2D eigenvalue weighted by Crippen LogP contribution is 2.21. The molecule has 2 heterocycles. The molecule has 158 valence electrons. The first-order valence-electron chi connectivity index (χ1n) is 10.1. The van der Waals surface area contributed by atoms with Crippen LogP contribution in [0.15, 0.2) is 66.3 Å². The van der Waals surface area contributed by atoms with Gasteiger partial charge in [0.1, 0.15) is 12.4 Å². The first kappa shape index (κ1) is 20.9. The van der Waals surface area contributed by atoms with Crippen LogP contribution < -0.4 is 10.1 Å². The third-order valence-electron chi connectivity index (χ3n) is 4.83. The molecule has 6 heteroatoms. The molecule has 0 saturated carbocycles. The summed E-state index contributed by atoms with van der Waals surface area (Å²) in [6, 6.07) is 16.4. The van der Waals surface area contributed by atoms with Crippen molar-refractivity contribution in [2.75, 3.05) is 5.32 Å². The summed E-state index contributed by atoms with van der Waals surface area (Å²) in [6.07, 6.45) is 3.51. The summed E-state index contributed by atoms with van der Waals surface area (Å²) in [5, 5.41) is 9.23. The van der Waals surface area contributed by atoms with Crippen LogP contribution in [-0.2, 0) is 13.2 Å². The van der Waals surface area contributed by atoms with E-state index in [2.05, 4.69) is 61.5 Å². The average Bonchev–Trinajstić information content (AvgIpc) is 3.37. The average molecular weight is 432 g/mol. The second-order valence-corrected chi connectivity index (χ2v) is 8.71. The Bertz CT molecular complexity index is 1170. The Balaban J connectivity index is 1.33. The van der Waals surface area contributed by atoms with Crippen LogP contribution in [0, 0.1) is 20.8 Å². The van der Waals surface area contributed by atoms with Crippen molar-refractivity contribution in [1.82, 2.24) is 9.78 Å². The van der Waals surface area contributed by atoms with E-state index in [1.54, 1.807) is 6.20 Å². The Labute approximate surface area is 186 Å². The first-order chi connectivity index (χ1) is 14.9. The largest absolute Gasteiger partial charge is 0.489 e. The molecule has 0 atom stereocenters. The molecule has 1 amide bonds. The zero-order valence-electron chi connectivity index (χ0n) is 17.9. The van der Waals surface area contributed by atoms with Crippen LogP contribution in [0.5, 0.6) is 5.75 Å². The quantitative estimate of drug-likeness (QED) is 0.405. The van der Waals surface area contributed by atoms with Crippen LogP contribution in [0.4, 0.5) is 5.69 Å². The minimum atomic E-state index is -0.141. The number of anilines is 1. The van der Waals surface area contributed by atoms with Crippen molar-refractivity contribution in [3.05, 3.63) is 99.0 Å². The van der Waals surface area contributed by atoms with E-state index in [4.69, 9.17) is 4.74 Å². The molecule has 0 unspecified atom stereocenters. The van der Waals surface area contributed by atoms with Gasteiger partial charge in [-0.25, -0.2) is 0 Å². The molecule has 2 aromatic heterocycles. The van der Waals surface area contributed by atoms with Crippen LogP contribution in [0.25, 0.3) is 0 Å². The molecule has 4 rings (SSSR count). The van der Waals surface area contributed by atoms with Crippen LogP contribution >= 0.6 is 11.3 Å². The van der Waals surface area contributed by atoms with E-state index in [0.717, 1.165) is 11.3 Å². The van der Waals surface area contributed by atoms with Gasteiger partial charge in [-0.15, -0.1) is 11.3 Å². The number of thiophene rings is 1. The molecule has 31 heavy (non-hydrogen) atoms. The molecule has 4 aromatic rings. The number of amides is 1. The number of ether oxygens (including phenoxy) is 1. The molecule has 0 bridgehead atoms. The molecule has 0 aliphatic rings. The molecule has 1 N–H and O–H groups in total. The van der Waals surface area contributed by atoms with Gasteiger partial charge in [-0.05, 0) is 61.0 Å². The summed E-state index contributed by atoms with van der Waals surface area (Å²) in [5.74, 6) is 0.702. The second-order valence-electron chi connectivity index (χ2n) is 7.80. The maximum atomic E-state index is 12.6. The van der Waals surface area contributed by atoms with E-state index in [1.165, 1.54) is 33.6 Å². The van der Waals surface area contributed by atoms with Gasteiger partial charge in [-0.2, -0.15) is 5.10 Å². The van der Waals surface area contributed by atoms with Crippen LogP contribution in [0.1, 0.15) is 37.5 Å². The number of aromatic nitrogens is 2. The topological polar surface area (TPSA) is 56.2 Å². The van der Waals surface area contributed by atoms with Gasteiger partial charge in [-0.1, -0.05) is 35.9 Å². The number of hydrogen-bond donors (Lipinski definition) is 1. The van der Waals surface area contributed by atoms with Crippen molar-refractivity contribution in [2.24, 2.45) is 0 Å². The lowest BCUT2D eigenvalue weighted by molar-refractivity contribution is 0.103. The highest BCUT2D eigenvalue weighted by atomic mass is 32.1. The van der Waals surface area contributed by atoms with E-state index < -0.39 is 0 Å². The Kier molecular flexibility index (Phi) is 6.18. The molecule has 0 spiro atoms. The molecule has 0 saturated heterocycles. The SMILES string of the molecule is Cc1ccc(Cn2cc(NC(=O)c3cc(COc4cc(C)cc(C)c4)cs3)cn2)cc1. The van der Waals surface area contributed by atoms with Gasteiger partial charge in [0.15, 0.2) is 0 Å². The van der Waals surface area contributed by atoms with Gasteiger partial charge in [-0.3, -0.25) is 9.48 Å². The van der Waals surface area contributed by atoms with E-state index >= 15 is 0 Å². The standard InChI is InChI=1S/C25H25N3O2S/c1-17-4-6-20(7-5-17)13-28-14-22(12-26-28)27-25(29)24-11-21(16-31-24)15-30-23-9-18(2)8-19(3)10-23/h4-12,14,16H,13,15H2,1-3H3,(H,27,29). The predicted molar refractivity (Wildman–Crippen MR) is 125 cm³/mol. The monoisotopic (exact) mass is 431 g/mol. The van der Waals surface area contributed by atoms with Crippen molar-refractivity contribution in [1.29, 1.82) is 0 Å². The zero-order valence-corrected chi connectivity index (χ0v) is 18.7. The molecular weight excluding hydrogens is 406 g/mol. The van der Waals surface area contributed by atoms with Gasteiger partial charge in [0.25, 0.3) is 5.91 Å². The number of nitrogens with zero attached hydrogens (tertiary/aromatic N) is 2. The van der Waals surface area contributed by atoms with Crippen molar-refractivity contribution in [3.63, 3.8) is 0 Å². The van der Waals surface area contributed by atoms with Crippen molar-refractivity contribution in [2.45, 2.75) is 33.9 Å². The lowest BCUT2D eigenvalue weighted by atomic mass is 10.1. The number of carbonyl (C=O) groups is 1. The number of carbonyl (C=O) groups excluding carboxylic acids is 1. The van der Waals surface area contributed by atoms with E-state index in [0.29, 0.717) is 23.7 Å². The molecule has 0 fully saturated rings. The van der Waals surface area contributed by atoms with Gasteiger partial charge in [0.05, 0.1) is 23.3 Å². The number of nitrogens with one attached hydrogen (secondary N) is 1. The fourth-order valence-corrected chi connectivity index (χ4v) is 4.13. The van der Waals surface area contributed by atoms with Crippen LogP contribution in [0.3, 0.4) is 0 Å². The zero-order chi connectivity index (χ0) is 21.8. The fraction of sp³-hybridized carbons (Fsp3) is 0.200. The van der Waals surface area contributed by atoms with Gasteiger partial charge in [0, 0.05) is 11.8 Å². The predicted octanol–water partition coefficient (Wildman–Crippen LogP) is 5.75. The highest BCUT2D eigenvalue weighted by Gasteiger charge is 2.11. The van der Waals surface area contributed by atoms with E-state index in [9.17, 15) is 4.79 Å². The third-order valence-corrected chi connectivity index (χ3v) is 5.81. The molecule has 2 aromatic carbocycles. The third kappa shape index (κ3) is 5.61. The Morgan fingerprint density at radius 3 is 2.48 bits per heavy atom. The number of benzene rings is 2. The summed E-state index contributed by atoms with van der Waals surface area (Å²) in [7, 11) is 0. The van der Waals surface area contributed by atoms with Crippen molar-refractivity contribution >= 4 is 22.9 Å². The summed E-state index contributed by atoms with van der Waals surface area (Å²) in [6.45, 7) is 7.26. The first-order valence-corrected chi connectivity index (χ1v) is 11.0. The maximum absolute atomic E-state index is 12.6. The minimum absolute atomic E-state index is 0.141. The van der Waals surface area contributed by atoms with Gasteiger partial charge >= 0.3 is 0 Å². The van der Waals surface area contributed by atoms with Gasteiger partial charge < -0.3 is 10.1 Å². The Morgan fingerprint density at radius 1 is 1.00 bits per heavy atom. The molecule has 5 nitrogen and oxygen atoms in total. The lowest BCUT2D eigenvalue weighted by Gasteiger charge is -2.07. The number of aryl methyl sites for hydroxylation is 3. The second kappa shape index (κ2) is 9.18. The molecule has 0 aliphatic heterocycles. The minimum Gasteiger partial charge on any atom is -0.489 e. The normalized spacial score (nSPS) is 10.8. The summed E-state index contributed by atoms with van der Waals surface area (Å²) >= 11 is 1.41. The van der Waals surface area contributed by atoms with E-state index in [-0.39, 0.29) is 5.91 Å². The molecule has 0 radical (unpaired) electrons. The van der Waals surface area contributed by atoms with Gasteiger partial charge in [0.2, 0.25) is 0 Å². The maximum Gasteiger partial charge on any atom is 0.265 e. The number of rotatable bonds is 7. The summed E-state index contributed by atoms with van der Waals surface area (Å²) in [4.78, 5) is 13.3. The molecular formula is C25H25N3O2S. The Morgan fingerprint density at radius 2 is 1.74 bits per heavy atom. The summed E-state index contributed by atoms with van der Waals surface area (Å²) < 4.78 is 7.71. The fourth-order valence-electron chi connectivity index (χ4n) is 3.34. The van der Waals surface area contributed by atoms with Crippen LogP contribution in [-0.4, -0.2) is 15.7 Å². The van der Waals surface area contributed by atoms with Crippen LogP contribution in [0.2, 0.25) is 0 Å². The Hall–Kier alpha value is -3.38. The lowest BCUT2D eigenvalue weighted by Crippen LogP contribution is -2.09. The summed E-state index contributed by atoms with van der Waals surface area (Å²) in [5.41, 5.74) is 6.39. The number of hydrogen-bond acceptors (Lipinski definition) is 4. The van der Waals surface area contributed by atoms with Crippen molar-refractivity contribution in [3.8, 4) is 5.75 Å². The smallest absolute Gasteiger partial charge is 0.265 e. The van der Waals surface area contributed by atoms with E-state index in [1.807, 2.05) is 34.5 Å². The van der Waals surface area contributed by atoms with Crippen molar-refractivity contribution < 1.29 is 9.53 Å². The molecule has 0 aliphatic carbocycles.